The molecular weight excluding hydrogens is 404 g/mol. The van der Waals surface area contributed by atoms with Gasteiger partial charge >= 0.3 is 0 Å². The van der Waals surface area contributed by atoms with Crippen LogP contribution in [0.1, 0.15) is 28.3 Å². The molecule has 1 heterocycles. The maximum atomic E-state index is 5.39. The molecule has 3 aromatic rings. The van der Waals surface area contributed by atoms with Gasteiger partial charge in [0, 0.05) is 13.6 Å². The standard InChI is InChI=1S/C24H32N6O2/c1-17-12-20(14-22(13-17)32-5)15-26-24(27-16-23-29-28-18(2)30(23)3)25-11-10-19-6-8-21(31-4)9-7-19/h6-9,12-14H,10-11,15-16H2,1-5H3,(H2,25,26,27). The molecule has 0 bridgehead atoms. The molecule has 2 aromatic carbocycles. The third-order valence-electron chi connectivity index (χ3n) is 5.23. The minimum Gasteiger partial charge on any atom is -0.497 e. The average molecular weight is 437 g/mol. The van der Waals surface area contributed by atoms with Gasteiger partial charge in [-0.15, -0.1) is 10.2 Å². The molecule has 0 atom stereocenters. The zero-order valence-electron chi connectivity index (χ0n) is 19.5. The van der Waals surface area contributed by atoms with Crippen molar-refractivity contribution in [2.45, 2.75) is 33.4 Å². The highest BCUT2D eigenvalue weighted by atomic mass is 16.5. The Morgan fingerprint density at radius 1 is 0.938 bits per heavy atom. The molecule has 0 spiro atoms. The van der Waals surface area contributed by atoms with Crippen molar-refractivity contribution in [2.75, 3.05) is 20.8 Å². The van der Waals surface area contributed by atoms with Crippen LogP contribution in [0.3, 0.4) is 0 Å². The van der Waals surface area contributed by atoms with Crippen molar-refractivity contribution >= 4 is 5.96 Å². The maximum Gasteiger partial charge on any atom is 0.191 e. The third kappa shape index (κ3) is 6.47. The summed E-state index contributed by atoms with van der Waals surface area (Å²) in [6, 6.07) is 14.2. The molecule has 0 fully saturated rings. The van der Waals surface area contributed by atoms with Crippen molar-refractivity contribution in [2.24, 2.45) is 12.0 Å². The Balaban J connectivity index is 1.67. The largest absolute Gasteiger partial charge is 0.497 e. The average Bonchev–Trinajstić information content (AvgIpc) is 3.12. The first-order valence-corrected chi connectivity index (χ1v) is 10.6. The van der Waals surface area contributed by atoms with Crippen molar-refractivity contribution in [3.05, 3.63) is 70.8 Å². The number of benzene rings is 2. The summed E-state index contributed by atoms with van der Waals surface area (Å²) in [6.07, 6.45) is 0.867. The lowest BCUT2D eigenvalue weighted by atomic mass is 10.1. The lowest BCUT2D eigenvalue weighted by Crippen LogP contribution is -2.38. The predicted octanol–water partition coefficient (Wildman–Crippen LogP) is 2.93. The van der Waals surface area contributed by atoms with E-state index in [9.17, 15) is 0 Å². The fourth-order valence-corrected chi connectivity index (χ4v) is 3.26. The van der Waals surface area contributed by atoms with Crippen LogP contribution in [0.2, 0.25) is 0 Å². The fourth-order valence-electron chi connectivity index (χ4n) is 3.26. The highest BCUT2D eigenvalue weighted by molar-refractivity contribution is 5.79. The Kier molecular flexibility index (Phi) is 8.08. The maximum absolute atomic E-state index is 5.39. The number of hydrogen-bond donors (Lipinski definition) is 2. The van der Waals surface area contributed by atoms with Gasteiger partial charge in [0.1, 0.15) is 17.3 Å². The second-order valence-corrected chi connectivity index (χ2v) is 7.62. The summed E-state index contributed by atoms with van der Waals surface area (Å²) in [5.41, 5.74) is 3.46. The number of hydrogen-bond acceptors (Lipinski definition) is 5. The van der Waals surface area contributed by atoms with Gasteiger partial charge in [0.2, 0.25) is 0 Å². The molecule has 170 valence electrons. The van der Waals surface area contributed by atoms with E-state index in [4.69, 9.17) is 14.5 Å². The van der Waals surface area contributed by atoms with E-state index in [0.29, 0.717) is 13.1 Å². The van der Waals surface area contributed by atoms with Crippen LogP contribution in [0.4, 0.5) is 0 Å². The van der Waals surface area contributed by atoms with E-state index in [1.807, 2.05) is 42.8 Å². The third-order valence-corrected chi connectivity index (χ3v) is 5.23. The monoisotopic (exact) mass is 436 g/mol. The topological polar surface area (TPSA) is 85.6 Å². The van der Waals surface area contributed by atoms with E-state index in [-0.39, 0.29) is 0 Å². The number of aryl methyl sites for hydroxylation is 2. The molecule has 8 nitrogen and oxygen atoms in total. The van der Waals surface area contributed by atoms with E-state index in [2.05, 4.69) is 46.0 Å². The number of rotatable bonds is 9. The SMILES string of the molecule is COc1ccc(CCNC(=NCc2cc(C)cc(OC)c2)NCc2nnc(C)n2C)cc1. The van der Waals surface area contributed by atoms with Crippen LogP contribution in [0.15, 0.2) is 47.5 Å². The summed E-state index contributed by atoms with van der Waals surface area (Å²) in [5.74, 6) is 4.15. The minimum atomic E-state index is 0.531. The number of aromatic nitrogens is 3. The first-order chi connectivity index (χ1) is 15.5. The normalized spacial score (nSPS) is 11.3. The van der Waals surface area contributed by atoms with Gasteiger partial charge in [0.15, 0.2) is 11.8 Å². The number of guanidine groups is 1. The van der Waals surface area contributed by atoms with Crippen LogP contribution < -0.4 is 20.1 Å². The molecule has 0 aliphatic heterocycles. The Labute approximate surface area is 189 Å². The van der Waals surface area contributed by atoms with E-state index in [0.717, 1.165) is 53.2 Å². The molecule has 0 saturated heterocycles. The highest BCUT2D eigenvalue weighted by Crippen LogP contribution is 2.17. The van der Waals surface area contributed by atoms with Crippen molar-refractivity contribution in [3.63, 3.8) is 0 Å². The summed E-state index contributed by atoms with van der Waals surface area (Å²) in [7, 11) is 5.31. The molecule has 1 aromatic heterocycles. The molecule has 0 saturated carbocycles. The first-order valence-electron chi connectivity index (χ1n) is 10.6. The second-order valence-electron chi connectivity index (χ2n) is 7.62. The van der Waals surface area contributed by atoms with Gasteiger partial charge in [0.25, 0.3) is 0 Å². The van der Waals surface area contributed by atoms with E-state index in [1.54, 1.807) is 14.2 Å². The van der Waals surface area contributed by atoms with Gasteiger partial charge in [-0.2, -0.15) is 0 Å². The van der Waals surface area contributed by atoms with Crippen LogP contribution in [-0.4, -0.2) is 41.5 Å². The second kappa shape index (κ2) is 11.2. The number of nitrogens with zero attached hydrogens (tertiary/aromatic N) is 4. The predicted molar refractivity (Wildman–Crippen MR) is 126 cm³/mol. The van der Waals surface area contributed by atoms with Gasteiger partial charge in [0.05, 0.1) is 27.3 Å². The lowest BCUT2D eigenvalue weighted by molar-refractivity contribution is 0.414. The minimum absolute atomic E-state index is 0.531. The lowest BCUT2D eigenvalue weighted by Gasteiger charge is -2.13. The zero-order valence-corrected chi connectivity index (χ0v) is 19.5. The van der Waals surface area contributed by atoms with Crippen LogP contribution >= 0.6 is 0 Å². The van der Waals surface area contributed by atoms with Crippen molar-refractivity contribution in [1.82, 2.24) is 25.4 Å². The molecule has 8 heteroatoms. The smallest absolute Gasteiger partial charge is 0.191 e. The fraction of sp³-hybridized carbons (Fsp3) is 0.375. The molecule has 0 unspecified atom stereocenters. The summed E-state index contributed by atoms with van der Waals surface area (Å²) >= 11 is 0. The van der Waals surface area contributed by atoms with Crippen molar-refractivity contribution < 1.29 is 9.47 Å². The summed E-state index contributed by atoms with van der Waals surface area (Å²) in [6.45, 7) is 5.80. The molecule has 0 aliphatic rings. The summed E-state index contributed by atoms with van der Waals surface area (Å²) in [5, 5.41) is 15.1. The van der Waals surface area contributed by atoms with Gasteiger partial charge in [-0.3, -0.25) is 0 Å². The molecule has 0 aliphatic carbocycles. The van der Waals surface area contributed by atoms with E-state index < -0.39 is 0 Å². The van der Waals surface area contributed by atoms with Gasteiger partial charge in [-0.1, -0.05) is 18.2 Å². The van der Waals surface area contributed by atoms with E-state index >= 15 is 0 Å². The van der Waals surface area contributed by atoms with Gasteiger partial charge < -0.3 is 24.7 Å². The zero-order chi connectivity index (χ0) is 22.9. The number of nitrogens with one attached hydrogen (secondary N) is 2. The molecular formula is C24H32N6O2. The highest BCUT2D eigenvalue weighted by Gasteiger charge is 2.07. The Bertz CT molecular complexity index is 1040. The quantitative estimate of drug-likeness (QED) is 0.396. The van der Waals surface area contributed by atoms with Crippen LogP contribution in [-0.2, 0) is 26.6 Å². The van der Waals surface area contributed by atoms with Crippen LogP contribution in [0, 0.1) is 13.8 Å². The number of aliphatic imine (C=N–C) groups is 1. The molecule has 2 N–H and O–H groups in total. The molecule has 0 amide bonds. The van der Waals surface area contributed by atoms with Crippen molar-refractivity contribution in [3.8, 4) is 11.5 Å². The first kappa shape index (κ1) is 23.1. The van der Waals surface area contributed by atoms with Gasteiger partial charge in [-0.05, 0) is 61.2 Å². The Hall–Kier alpha value is -3.55. The van der Waals surface area contributed by atoms with Crippen LogP contribution in [0.5, 0.6) is 11.5 Å². The molecule has 32 heavy (non-hydrogen) atoms. The number of methoxy groups -OCH3 is 2. The van der Waals surface area contributed by atoms with Crippen LogP contribution in [0.25, 0.3) is 0 Å². The molecule has 0 radical (unpaired) electrons. The van der Waals surface area contributed by atoms with Gasteiger partial charge in [-0.25, -0.2) is 4.99 Å². The Morgan fingerprint density at radius 2 is 1.69 bits per heavy atom. The number of ether oxygens (including phenoxy) is 2. The summed E-state index contributed by atoms with van der Waals surface area (Å²) < 4.78 is 12.6. The van der Waals surface area contributed by atoms with E-state index in [1.165, 1.54) is 5.56 Å². The molecule has 3 rings (SSSR count). The summed E-state index contributed by atoms with van der Waals surface area (Å²) in [4.78, 5) is 4.78. The Morgan fingerprint density at radius 3 is 2.34 bits per heavy atom. The van der Waals surface area contributed by atoms with Crippen molar-refractivity contribution in [1.29, 1.82) is 0 Å².